The Labute approximate surface area is 172 Å². The van der Waals surface area contributed by atoms with Crippen LogP contribution in [0.2, 0.25) is 0 Å². The highest BCUT2D eigenvalue weighted by atomic mass is 32.2. The van der Waals surface area contributed by atoms with Crippen molar-refractivity contribution in [1.29, 1.82) is 5.26 Å². The summed E-state index contributed by atoms with van der Waals surface area (Å²) in [6.07, 6.45) is 6.17. The monoisotopic (exact) mass is 406 g/mol. The van der Waals surface area contributed by atoms with Gasteiger partial charge >= 0.3 is 0 Å². The van der Waals surface area contributed by atoms with E-state index in [0.29, 0.717) is 6.04 Å². The van der Waals surface area contributed by atoms with Crippen LogP contribution in [0.25, 0.3) is 22.3 Å². The van der Waals surface area contributed by atoms with E-state index in [9.17, 15) is 10.1 Å². The van der Waals surface area contributed by atoms with Gasteiger partial charge in [-0.1, -0.05) is 30.0 Å². The first kappa shape index (κ1) is 18.3. The van der Waals surface area contributed by atoms with Crippen molar-refractivity contribution in [1.82, 2.24) is 25.1 Å². The van der Waals surface area contributed by atoms with Crippen molar-refractivity contribution in [3.63, 3.8) is 0 Å². The average molecular weight is 407 g/mol. The molecular formula is C21H22N6OS. The molecule has 2 saturated carbocycles. The normalized spacial score (nSPS) is 18.3. The zero-order chi connectivity index (χ0) is 20.0. The molecular weight excluding hydrogens is 384 g/mol. The number of H-pyrrole nitrogens is 1. The van der Waals surface area contributed by atoms with Crippen LogP contribution >= 0.6 is 11.8 Å². The summed E-state index contributed by atoms with van der Waals surface area (Å²) in [4.78, 5) is 15.8. The first-order valence-corrected chi connectivity index (χ1v) is 10.9. The highest BCUT2D eigenvalue weighted by Crippen LogP contribution is 2.42. The number of nitrogens with zero attached hydrogens (tertiary/aromatic N) is 4. The smallest absolute Gasteiger partial charge is 0.231 e. The van der Waals surface area contributed by atoms with Gasteiger partial charge in [0.15, 0.2) is 11.0 Å². The summed E-state index contributed by atoms with van der Waals surface area (Å²) >= 11 is 1.39. The van der Waals surface area contributed by atoms with Crippen LogP contribution in [0.15, 0.2) is 35.6 Å². The Morgan fingerprint density at radius 2 is 2.14 bits per heavy atom. The molecule has 2 aliphatic carbocycles. The van der Waals surface area contributed by atoms with E-state index in [1.54, 1.807) is 0 Å². The number of carbonyl (C=O) groups excluding carboxylic acids is 1. The molecule has 2 aliphatic rings. The topological polar surface area (TPSA) is 99.4 Å². The molecule has 0 spiro atoms. The largest absolute Gasteiger partial charge is 0.360 e. The van der Waals surface area contributed by atoms with Crippen LogP contribution in [0.1, 0.15) is 38.6 Å². The molecule has 5 rings (SSSR count). The lowest BCUT2D eigenvalue weighted by atomic mass is 9.98. The fourth-order valence-corrected chi connectivity index (χ4v) is 4.62. The van der Waals surface area contributed by atoms with Gasteiger partial charge in [-0.05, 0) is 44.6 Å². The molecule has 2 fully saturated rings. The van der Waals surface area contributed by atoms with Gasteiger partial charge in [-0.3, -0.25) is 9.36 Å². The number of hydrogen-bond donors (Lipinski definition) is 2. The van der Waals surface area contributed by atoms with Crippen LogP contribution < -0.4 is 5.32 Å². The van der Waals surface area contributed by atoms with E-state index in [1.807, 2.05) is 31.3 Å². The number of thioether (sulfide) groups is 1. The van der Waals surface area contributed by atoms with E-state index in [0.717, 1.165) is 53.1 Å². The molecule has 0 radical (unpaired) electrons. The molecule has 1 aromatic carbocycles. The van der Waals surface area contributed by atoms with Crippen molar-refractivity contribution in [3.05, 3.63) is 30.5 Å². The van der Waals surface area contributed by atoms with Crippen molar-refractivity contribution in [2.24, 2.45) is 5.92 Å². The van der Waals surface area contributed by atoms with Gasteiger partial charge in [0.1, 0.15) is 5.54 Å². The molecule has 1 atom stereocenters. The van der Waals surface area contributed by atoms with Crippen LogP contribution in [0.3, 0.4) is 0 Å². The Balaban J connectivity index is 1.36. The van der Waals surface area contributed by atoms with Gasteiger partial charge in [-0.25, -0.2) is 0 Å². The number of rotatable bonds is 7. The maximum atomic E-state index is 12.5. The van der Waals surface area contributed by atoms with Crippen LogP contribution in [0.4, 0.5) is 0 Å². The minimum atomic E-state index is -0.767. The van der Waals surface area contributed by atoms with Crippen LogP contribution in [-0.2, 0) is 4.79 Å². The fourth-order valence-electron chi connectivity index (χ4n) is 3.82. The van der Waals surface area contributed by atoms with Crippen LogP contribution in [0.5, 0.6) is 0 Å². The van der Waals surface area contributed by atoms with E-state index in [-0.39, 0.29) is 17.6 Å². The highest BCUT2D eigenvalue weighted by molar-refractivity contribution is 7.99. The number of nitrogens with one attached hydrogen (secondary N) is 2. The Bertz CT molecular complexity index is 1120. The van der Waals surface area contributed by atoms with Gasteiger partial charge < -0.3 is 10.3 Å². The molecule has 29 heavy (non-hydrogen) atoms. The zero-order valence-electron chi connectivity index (χ0n) is 16.2. The second-order valence-corrected chi connectivity index (χ2v) is 9.02. The van der Waals surface area contributed by atoms with Crippen molar-refractivity contribution in [3.8, 4) is 17.5 Å². The minimum absolute atomic E-state index is 0.134. The number of para-hydroxylation sites is 1. The van der Waals surface area contributed by atoms with Gasteiger partial charge in [0, 0.05) is 28.7 Å². The van der Waals surface area contributed by atoms with Crippen LogP contribution in [0, 0.1) is 17.2 Å². The van der Waals surface area contributed by atoms with E-state index >= 15 is 0 Å². The summed E-state index contributed by atoms with van der Waals surface area (Å²) in [5.41, 5.74) is 1.33. The molecule has 1 amide bonds. The molecule has 3 aromatic rings. The number of amides is 1. The highest BCUT2D eigenvalue weighted by Gasteiger charge is 2.43. The third-order valence-corrected chi connectivity index (χ3v) is 6.71. The van der Waals surface area contributed by atoms with Gasteiger partial charge in [-0.2, -0.15) is 5.26 Å². The van der Waals surface area contributed by atoms with Crippen molar-refractivity contribution in [2.45, 2.75) is 49.3 Å². The first-order valence-electron chi connectivity index (χ1n) is 9.95. The Morgan fingerprint density at radius 1 is 1.34 bits per heavy atom. The molecule has 0 aliphatic heterocycles. The number of nitriles is 1. The molecule has 8 heteroatoms. The fraction of sp³-hybridized carbons (Fsp3) is 0.429. The lowest BCUT2D eigenvalue weighted by Gasteiger charge is -2.22. The quantitative estimate of drug-likeness (QED) is 0.583. The number of aromatic nitrogens is 4. The number of benzene rings is 1. The summed E-state index contributed by atoms with van der Waals surface area (Å²) in [7, 11) is 0. The van der Waals surface area contributed by atoms with E-state index < -0.39 is 5.54 Å². The third-order valence-electron chi connectivity index (χ3n) is 5.76. The Hall–Kier alpha value is -2.79. The number of aromatic amines is 1. The average Bonchev–Trinajstić information content (AvgIpc) is 3.66. The number of hydrogen-bond acceptors (Lipinski definition) is 5. The predicted molar refractivity (Wildman–Crippen MR) is 111 cm³/mol. The predicted octanol–water partition coefficient (Wildman–Crippen LogP) is 3.66. The molecule has 2 aromatic heterocycles. The lowest BCUT2D eigenvalue weighted by molar-refractivity contribution is -0.119. The summed E-state index contributed by atoms with van der Waals surface area (Å²) in [5, 5.41) is 23.1. The lowest BCUT2D eigenvalue weighted by Crippen LogP contribution is -2.47. The van der Waals surface area contributed by atoms with Crippen molar-refractivity contribution >= 4 is 28.6 Å². The van der Waals surface area contributed by atoms with Gasteiger partial charge in [0.2, 0.25) is 5.91 Å². The zero-order valence-corrected chi connectivity index (χ0v) is 17.0. The van der Waals surface area contributed by atoms with E-state index in [2.05, 4.69) is 37.2 Å². The molecule has 2 heterocycles. The third kappa shape index (κ3) is 3.40. The summed E-state index contributed by atoms with van der Waals surface area (Å²) < 4.78 is 2.16. The minimum Gasteiger partial charge on any atom is -0.360 e. The second-order valence-electron chi connectivity index (χ2n) is 8.08. The maximum absolute atomic E-state index is 12.5. The SMILES string of the molecule is C[C@](C#N)(NC(=O)CSc1nnc(-c2c[nH]c3ccccc23)n1C1CC1)C1CC1. The molecule has 0 bridgehead atoms. The van der Waals surface area contributed by atoms with Crippen LogP contribution in [-0.4, -0.2) is 36.9 Å². The maximum Gasteiger partial charge on any atom is 0.231 e. The van der Waals surface area contributed by atoms with Gasteiger partial charge in [0.25, 0.3) is 0 Å². The number of fused-ring (bicyclic) bond motifs is 1. The number of carbonyl (C=O) groups is 1. The van der Waals surface area contributed by atoms with E-state index in [1.165, 1.54) is 11.8 Å². The standard InChI is InChI=1S/C21H22N6OS/c1-21(12-22,13-6-7-13)24-18(28)11-29-20-26-25-19(27(20)14-8-9-14)16-10-23-17-5-3-2-4-15(16)17/h2-5,10,13-14,23H,6-9,11H2,1H3,(H,24,28)/t21-/m1/s1. The molecule has 2 N–H and O–H groups in total. The van der Waals surface area contributed by atoms with Gasteiger partial charge in [-0.15, -0.1) is 10.2 Å². The second kappa shape index (κ2) is 6.92. The molecule has 0 saturated heterocycles. The summed E-state index contributed by atoms with van der Waals surface area (Å²) in [6.45, 7) is 1.81. The summed E-state index contributed by atoms with van der Waals surface area (Å²) in [5.74, 6) is 1.20. The van der Waals surface area contributed by atoms with E-state index in [4.69, 9.17) is 0 Å². The molecule has 0 unspecified atom stereocenters. The molecule has 148 valence electrons. The summed E-state index contributed by atoms with van der Waals surface area (Å²) in [6, 6.07) is 10.8. The Morgan fingerprint density at radius 3 is 2.86 bits per heavy atom. The van der Waals surface area contributed by atoms with Gasteiger partial charge in [0.05, 0.1) is 11.8 Å². The molecule has 7 nitrogen and oxygen atoms in total. The van der Waals surface area contributed by atoms with Crippen molar-refractivity contribution in [2.75, 3.05) is 5.75 Å². The first-order chi connectivity index (χ1) is 14.1. The Kier molecular flexibility index (Phi) is 4.36. The van der Waals surface area contributed by atoms with Crippen molar-refractivity contribution < 1.29 is 4.79 Å².